The first-order chi connectivity index (χ1) is 8.77. The van der Waals surface area contributed by atoms with Gasteiger partial charge in [0.25, 0.3) is 0 Å². The number of piperidine rings is 1. The molecule has 1 aromatic carbocycles. The van der Waals surface area contributed by atoms with Crippen LogP contribution in [-0.2, 0) is 15.1 Å². The summed E-state index contributed by atoms with van der Waals surface area (Å²) in [6.07, 6.45) is 2.19. The molecule has 1 heterocycles. The summed E-state index contributed by atoms with van der Waals surface area (Å²) >= 11 is 2.20. The zero-order chi connectivity index (χ0) is 12.8. The third-order valence-corrected chi connectivity index (χ3v) is 3.86. The number of carbonyl (C=O) groups is 1. The van der Waals surface area contributed by atoms with E-state index in [-0.39, 0.29) is 5.97 Å². The third-order valence-electron chi connectivity index (χ3n) is 3.32. The van der Waals surface area contributed by atoms with Crippen LogP contribution < -0.4 is 5.32 Å². The highest BCUT2D eigenvalue weighted by atomic mass is 127. The Balaban J connectivity index is 2.20. The van der Waals surface area contributed by atoms with Gasteiger partial charge in [-0.3, -0.25) is 4.79 Å². The quantitative estimate of drug-likeness (QED) is 0.510. The van der Waals surface area contributed by atoms with E-state index in [9.17, 15) is 4.79 Å². The Hall–Kier alpha value is -0.620. The summed E-state index contributed by atoms with van der Waals surface area (Å²) in [6, 6.07) is 10.1. The number of ether oxygens (including phenoxy) is 1. The molecule has 0 aliphatic carbocycles. The maximum Gasteiger partial charge on any atom is 0.307 e. The van der Waals surface area contributed by atoms with Crippen molar-refractivity contribution in [3.05, 3.63) is 35.9 Å². The van der Waals surface area contributed by atoms with E-state index in [1.54, 1.807) is 0 Å². The number of carbonyl (C=O) groups excluding carboxylic acids is 1. The van der Waals surface area contributed by atoms with Crippen LogP contribution in [0, 0.1) is 0 Å². The highest BCUT2D eigenvalue weighted by Crippen LogP contribution is 2.35. The minimum Gasteiger partial charge on any atom is -0.454 e. The van der Waals surface area contributed by atoms with Crippen LogP contribution >= 0.6 is 22.6 Å². The Bertz CT molecular complexity index is 388. The highest BCUT2D eigenvalue weighted by Gasteiger charge is 2.37. The molecule has 1 aromatic rings. The lowest BCUT2D eigenvalue weighted by atomic mass is 9.85. The number of rotatable bonds is 4. The molecule has 1 fully saturated rings. The van der Waals surface area contributed by atoms with Crippen LogP contribution in [0.25, 0.3) is 0 Å². The van der Waals surface area contributed by atoms with E-state index >= 15 is 0 Å². The lowest BCUT2D eigenvalue weighted by Gasteiger charge is -2.37. The van der Waals surface area contributed by atoms with Gasteiger partial charge in [-0.05, 0) is 18.7 Å². The van der Waals surface area contributed by atoms with Crippen LogP contribution in [-0.4, -0.2) is 23.5 Å². The van der Waals surface area contributed by atoms with E-state index in [2.05, 4.69) is 40.0 Å². The van der Waals surface area contributed by atoms with Crippen molar-refractivity contribution in [3.63, 3.8) is 0 Å². The average Bonchev–Trinajstić information content (AvgIpc) is 2.41. The smallest absolute Gasteiger partial charge is 0.307 e. The van der Waals surface area contributed by atoms with Gasteiger partial charge in [0.2, 0.25) is 0 Å². The molecule has 0 spiro atoms. The van der Waals surface area contributed by atoms with Gasteiger partial charge < -0.3 is 10.1 Å². The Labute approximate surface area is 121 Å². The summed E-state index contributed by atoms with van der Waals surface area (Å²) in [5.41, 5.74) is 0.698. The van der Waals surface area contributed by atoms with E-state index in [1.165, 1.54) is 0 Å². The Morgan fingerprint density at radius 3 is 2.56 bits per heavy atom. The monoisotopic (exact) mass is 359 g/mol. The molecule has 1 saturated heterocycles. The SMILES string of the molecule is O=C(CCI)OC1(c2ccccc2)CCNCC1. The Kier molecular flexibility index (Phi) is 5.00. The second-order valence-electron chi connectivity index (χ2n) is 4.52. The Morgan fingerprint density at radius 1 is 1.28 bits per heavy atom. The van der Waals surface area contributed by atoms with Crippen molar-refractivity contribution in [3.8, 4) is 0 Å². The molecule has 0 bridgehead atoms. The second kappa shape index (κ2) is 6.52. The molecular formula is C14H18INO2. The van der Waals surface area contributed by atoms with Crippen LogP contribution in [0.5, 0.6) is 0 Å². The molecule has 0 radical (unpaired) electrons. The number of benzene rings is 1. The summed E-state index contributed by atoms with van der Waals surface area (Å²) in [7, 11) is 0. The number of halogens is 1. The molecule has 0 aromatic heterocycles. The topological polar surface area (TPSA) is 38.3 Å². The number of nitrogens with one attached hydrogen (secondary N) is 1. The van der Waals surface area contributed by atoms with Crippen LogP contribution in [0.1, 0.15) is 24.8 Å². The highest BCUT2D eigenvalue weighted by molar-refractivity contribution is 14.1. The molecule has 4 heteroatoms. The number of hydrogen-bond acceptors (Lipinski definition) is 3. The molecule has 1 aliphatic heterocycles. The van der Waals surface area contributed by atoms with Crippen LogP contribution in [0.15, 0.2) is 30.3 Å². The zero-order valence-electron chi connectivity index (χ0n) is 10.3. The van der Waals surface area contributed by atoms with Gasteiger partial charge in [-0.2, -0.15) is 0 Å². The Morgan fingerprint density at radius 2 is 1.94 bits per heavy atom. The molecule has 0 atom stereocenters. The van der Waals surface area contributed by atoms with Gasteiger partial charge in [-0.15, -0.1) is 0 Å². The molecule has 18 heavy (non-hydrogen) atoms. The molecule has 3 nitrogen and oxygen atoms in total. The van der Waals surface area contributed by atoms with Crippen LogP contribution in [0.3, 0.4) is 0 Å². The van der Waals surface area contributed by atoms with Crippen molar-refractivity contribution in [2.45, 2.75) is 24.9 Å². The molecule has 1 aliphatic rings. The summed E-state index contributed by atoms with van der Waals surface area (Å²) in [5.74, 6) is -0.0878. The van der Waals surface area contributed by atoms with Crippen LogP contribution in [0.4, 0.5) is 0 Å². The van der Waals surface area contributed by atoms with Crippen molar-refractivity contribution in [1.29, 1.82) is 0 Å². The zero-order valence-corrected chi connectivity index (χ0v) is 12.5. The summed E-state index contributed by atoms with van der Waals surface area (Å²) in [6.45, 7) is 1.79. The fraction of sp³-hybridized carbons (Fsp3) is 0.500. The summed E-state index contributed by atoms with van der Waals surface area (Å²) in [4.78, 5) is 11.8. The maximum atomic E-state index is 11.8. The standard InChI is InChI=1S/C14H18INO2/c15-9-6-13(17)18-14(7-10-16-11-8-14)12-4-2-1-3-5-12/h1-5,16H,6-11H2. The molecule has 1 N–H and O–H groups in total. The van der Waals surface area contributed by atoms with Gasteiger partial charge in [0.05, 0.1) is 6.42 Å². The van der Waals surface area contributed by atoms with E-state index in [0.29, 0.717) is 6.42 Å². The minimum atomic E-state index is -0.421. The predicted molar refractivity (Wildman–Crippen MR) is 79.8 cm³/mol. The summed E-state index contributed by atoms with van der Waals surface area (Å²) < 4.78 is 6.63. The van der Waals surface area contributed by atoms with Gasteiger partial charge in [0.1, 0.15) is 5.60 Å². The lowest BCUT2D eigenvalue weighted by molar-refractivity contribution is -0.163. The van der Waals surface area contributed by atoms with E-state index in [0.717, 1.165) is 35.9 Å². The van der Waals surface area contributed by atoms with Gasteiger partial charge in [-0.25, -0.2) is 0 Å². The molecule has 0 saturated carbocycles. The largest absolute Gasteiger partial charge is 0.454 e. The van der Waals surface area contributed by atoms with Gasteiger partial charge in [0, 0.05) is 17.3 Å². The number of hydrogen-bond donors (Lipinski definition) is 1. The molecule has 98 valence electrons. The van der Waals surface area contributed by atoms with Crippen molar-refractivity contribution in [1.82, 2.24) is 5.32 Å². The number of alkyl halides is 1. The average molecular weight is 359 g/mol. The van der Waals surface area contributed by atoms with Gasteiger partial charge in [0.15, 0.2) is 0 Å². The first-order valence-electron chi connectivity index (χ1n) is 6.31. The van der Waals surface area contributed by atoms with E-state index in [1.807, 2.05) is 18.2 Å². The predicted octanol–water partition coefficient (Wildman–Crippen LogP) is 2.63. The van der Waals surface area contributed by atoms with Crippen molar-refractivity contribution in [2.24, 2.45) is 0 Å². The first-order valence-corrected chi connectivity index (χ1v) is 7.83. The maximum absolute atomic E-state index is 11.8. The number of esters is 1. The lowest BCUT2D eigenvalue weighted by Crippen LogP contribution is -2.43. The second-order valence-corrected chi connectivity index (χ2v) is 5.60. The van der Waals surface area contributed by atoms with E-state index in [4.69, 9.17) is 4.74 Å². The molecule has 0 amide bonds. The fourth-order valence-electron chi connectivity index (χ4n) is 2.37. The van der Waals surface area contributed by atoms with Crippen molar-refractivity contribution in [2.75, 3.05) is 17.5 Å². The van der Waals surface area contributed by atoms with Crippen molar-refractivity contribution >= 4 is 28.6 Å². The fourth-order valence-corrected chi connectivity index (χ4v) is 2.81. The normalized spacial score (nSPS) is 18.3. The van der Waals surface area contributed by atoms with Crippen LogP contribution in [0.2, 0.25) is 0 Å². The molecule has 0 unspecified atom stereocenters. The van der Waals surface area contributed by atoms with Gasteiger partial charge >= 0.3 is 5.97 Å². The molecular weight excluding hydrogens is 341 g/mol. The third kappa shape index (κ3) is 3.23. The van der Waals surface area contributed by atoms with Gasteiger partial charge in [-0.1, -0.05) is 52.9 Å². The van der Waals surface area contributed by atoms with E-state index < -0.39 is 5.60 Å². The molecule has 2 rings (SSSR count). The minimum absolute atomic E-state index is 0.0878. The summed E-state index contributed by atoms with van der Waals surface area (Å²) in [5, 5.41) is 3.32. The van der Waals surface area contributed by atoms with Crippen molar-refractivity contribution < 1.29 is 9.53 Å². The first kappa shape index (κ1) is 13.8.